The fourth-order valence-electron chi connectivity index (χ4n) is 1.71. The highest BCUT2D eigenvalue weighted by atomic mass is 19.2. The normalized spacial score (nSPS) is 10.5. The van der Waals surface area contributed by atoms with Gasteiger partial charge < -0.3 is 11.1 Å². The lowest BCUT2D eigenvalue weighted by Crippen LogP contribution is -2.10. The predicted octanol–water partition coefficient (Wildman–Crippen LogP) is 3.86. The van der Waals surface area contributed by atoms with Crippen LogP contribution in [-0.2, 0) is 0 Å². The average molecular weight is 335 g/mol. The van der Waals surface area contributed by atoms with Crippen LogP contribution in [0.2, 0.25) is 0 Å². The van der Waals surface area contributed by atoms with E-state index in [1.54, 1.807) is 0 Å². The van der Waals surface area contributed by atoms with E-state index < -0.39 is 63.3 Å². The van der Waals surface area contributed by atoms with Gasteiger partial charge in [-0.25, -0.2) is 30.7 Å². The van der Waals surface area contributed by atoms with Gasteiger partial charge in [0.2, 0.25) is 0 Å². The molecule has 0 unspecified atom stereocenters. The van der Waals surface area contributed by atoms with Gasteiger partial charge >= 0.3 is 0 Å². The maximum absolute atomic E-state index is 13.9. The summed E-state index contributed by atoms with van der Waals surface area (Å²) in [5.74, 6) is -13.1. The molecule has 0 aliphatic carbocycles. The average Bonchev–Trinajstić information content (AvgIpc) is 2.52. The summed E-state index contributed by atoms with van der Waals surface area (Å²) in [4.78, 5) is 0. The lowest BCUT2D eigenvalue weighted by atomic mass is 10.1. The summed E-state index contributed by atoms with van der Waals surface area (Å²) in [5.41, 5.74) is -0.598. The second-order valence-electron chi connectivity index (χ2n) is 4.19. The number of nitrogens with zero attached hydrogens (tertiary/aromatic N) is 1. The molecule has 0 amide bonds. The van der Waals surface area contributed by atoms with E-state index in [0.29, 0.717) is 0 Å². The third-order valence-electron chi connectivity index (χ3n) is 2.83. The molecular weight excluding hydrogens is 331 g/mol. The topological polar surface area (TPSA) is 61.8 Å². The first-order valence-corrected chi connectivity index (χ1v) is 5.66. The van der Waals surface area contributed by atoms with Crippen molar-refractivity contribution in [3.63, 3.8) is 0 Å². The molecule has 0 saturated heterocycles. The lowest BCUT2D eigenvalue weighted by Gasteiger charge is -2.14. The van der Waals surface area contributed by atoms with Crippen LogP contribution in [0.25, 0.3) is 0 Å². The minimum absolute atomic E-state index is 0.114. The molecule has 0 bridgehead atoms. The first-order valence-electron chi connectivity index (χ1n) is 5.66. The molecule has 2 aromatic rings. The van der Waals surface area contributed by atoms with Crippen LogP contribution in [0.1, 0.15) is 5.56 Å². The van der Waals surface area contributed by atoms with Crippen LogP contribution >= 0.6 is 0 Å². The third-order valence-corrected chi connectivity index (χ3v) is 2.83. The Labute approximate surface area is 123 Å². The van der Waals surface area contributed by atoms with Gasteiger partial charge in [-0.05, 0) is 0 Å². The van der Waals surface area contributed by atoms with E-state index in [1.165, 1.54) is 5.32 Å². The molecule has 120 valence electrons. The SMILES string of the molecule is N#Cc1c(F)c(F)c(N)c(F)c1Nc1c(F)c(F)cc(F)c1F. The number of nitrogens with two attached hydrogens (primary N) is 1. The van der Waals surface area contributed by atoms with Crippen molar-refractivity contribution < 1.29 is 30.7 Å². The molecule has 3 N–H and O–H groups in total. The minimum atomic E-state index is -1.96. The smallest absolute Gasteiger partial charge is 0.186 e. The molecule has 0 radical (unpaired) electrons. The van der Waals surface area contributed by atoms with Crippen LogP contribution in [0, 0.1) is 52.1 Å². The Morgan fingerprint density at radius 3 is 1.78 bits per heavy atom. The molecular formula is C13H4F7N3. The van der Waals surface area contributed by atoms with E-state index in [0.717, 1.165) is 6.07 Å². The van der Waals surface area contributed by atoms with Crippen LogP contribution in [0.4, 0.5) is 47.8 Å². The summed E-state index contributed by atoms with van der Waals surface area (Å²) < 4.78 is 93.9. The summed E-state index contributed by atoms with van der Waals surface area (Å²) in [6.07, 6.45) is 0. The first-order chi connectivity index (χ1) is 10.7. The summed E-state index contributed by atoms with van der Waals surface area (Å²) in [5, 5.41) is 10.2. The van der Waals surface area contributed by atoms with Gasteiger partial charge in [-0.15, -0.1) is 0 Å². The molecule has 0 spiro atoms. The number of hydrogen-bond acceptors (Lipinski definition) is 3. The zero-order valence-corrected chi connectivity index (χ0v) is 10.7. The van der Waals surface area contributed by atoms with E-state index in [1.807, 2.05) is 0 Å². The number of nitriles is 1. The van der Waals surface area contributed by atoms with Crippen LogP contribution < -0.4 is 11.1 Å². The van der Waals surface area contributed by atoms with Crippen molar-refractivity contribution in [1.82, 2.24) is 0 Å². The van der Waals surface area contributed by atoms with Gasteiger partial charge in [-0.2, -0.15) is 5.26 Å². The van der Waals surface area contributed by atoms with Crippen LogP contribution in [0.3, 0.4) is 0 Å². The van der Waals surface area contributed by atoms with Crippen molar-refractivity contribution in [2.75, 3.05) is 11.1 Å². The van der Waals surface area contributed by atoms with Gasteiger partial charge in [0.15, 0.2) is 40.7 Å². The van der Waals surface area contributed by atoms with Crippen molar-refractivity contribution >= 4 is 17.1 Å². The van der Waals surface area contributed by atoms with Crippen molar-refractivity contribution in [2.24, 2.45) is 0 Å². The van der Waals surface area contributed by atoms with E-state index in [2.05, 4.69) is 0 Å². The number of nitrogens with one attached hydrogen (secondary N) is 1. The molecule has 0 heterocycles. The van der Waals surface area contributed by atoms with Gasteiger partial charge in [0.25, 0.3) is 0 Å². The standard InChI is InChI=1S/C13H4F7N3/c14-4-1-5(15)8(18)13(7(4)17)23-12-3(2-21)6(16)9(19)11(22)10(12)20/h1,23H,22H2. The molecule has 0 aromatic heterocycles. The number of benzene rings is 2. The monoisotopic (exact) mass is 335 g/mol. The number of rotatable bonds is 2. The third kappa shape index (κ3) is 2.50. The minimum Gasteiger partial charge on any atom is -0.394 e. The maximum atomic E-state index is 13.9. The highest BCUT2D eigenvalue weighted by Gasteiger charge is 2.27. The Balaban J connectivity index is 2.75. The summed E-state index contributed by atoms with van der Waals surface area (Å²) in [6.45, 7) is 0. The van der Waals surface area contributed by atoms with Gasteiger partial charge in [-0.3, -0.25) is 0 Å². The number of anilines is 3. The van der Waals surface area contributed by atoms with Crippen molar-refractivity contribution in [3.05, 3.63) is 52.4 Å². The zero-order chi connectivity index (χ0) is 17.5. The Morgan fingerprint density at radius 2 is 1.30 bits per heavy atom. The Bertz CT molecular complexity index is 832. The van der Waals surface area contributed by atoms with E-state index in [-0.39, 0.29) is 6.07 Å². The highest BCUT2D eigenvalue weighted by molar-refractivity contribution is 5.72. The molecule has 0 aliphatic rings. The van der Waals surface area contributed by atoms with Crippen LogP contribution in [-0.4, -0.2) is 0 Å². The van der Waals surface area contributed by atoms with Crippen LogP contribution in [0.15, 0.2) is 6.07 Å². The van der Waals surface area contributed by atoms with Gasteiger partial charge in [-0.1, -0.05) is 0 Å². The molecule has 2 rings (SSSR count). The van der Waals surface area contributed by atoms with E-state index in [4.69, 9.17) is 11.0 Å². The predicted molar refractivity (Wildman–Crippen MR) is 65.0 cm³/mol. The molecule has 3 nitrogen and oxygen atoms in total. The second-order valence-corrected chi connectivity index (χ2v) is 4.19. The molecule has 0 saturated carbocycles. The van der Waals surface area contributed by atoms with Crippen molar-refractivity contribution in [1.29, 1.82) is 5.26 Å². The largest absolute Gasteiger partial charge is 0.394 e. The van der Waals surface area contributed by atoms with Crippen LogP contribution in [0.5, 0.6) is 0 Å². The van der Waals surface area contributed by atoms with Crippen molar-refractivity contribution in [2.45, 2.75) is 0 Å². The van der Waals surface area contributed by atoms with Crippen molar-refractivity contribution in [3.8, 4) is 6.07 Å². The molecule has 0 atom stereocenters. The molecule has 10 heteroatoms. The first kappa shape index (κ1) is 16.4. The number of hydrogen-bond donors (Lipinski definition) is 2. The number of halogens is 7. The molecule has 0 fully saturated rings. The Kier molecular flexibility index (Phi) is 4.05. The highest BCUT2D eigenvalue weighted by Crippen LogP contribution is 2.35. The quantitative estimate of drug-likeness (QED) is 0.498. The van der Waals surface area contributed by atoms with Gasteiger partial charge in [0.05, 0.1) is 5.69 Å². The molecule has 23 heavy (non-hydrogen) atoms. The Morgan fingerprint density at radius 1 is 0.783 bits per heavy atom. The fourth-order valence-corrected chi connectivity index (χ4v) is 1.71. The maximum Gasteiger partial charge on any atom is 0.186 e. The Hall–Kier alpha value is -2.96. The molecule has 0 aliphatic heterocycles. The summed E-state index contributed by atoms with van der Waals surface area (Å²) in [6, 6.07) is 0.942. The fraction of sp³-hybridized carbons (Fsp3) is 0. The van der Waals surface area contributed by atoms with E-state index in [9.17, 15) is 30.7 Å². The summed E-state index contributed by atoms with van der Waals surface area (Å²) >= 11 is 0. The summed E-state index contributed by atoms with van der Waals surface area (Å²) in [7, 11) is 0. The van der Waals surface area contributed by atoms with Gasteiger partial charge in [0, 0.05) is 6.07 Å². The van der Waals surface area contributed by atoms with Gasteiger partial charge in [0.1, 0.15) is 23.0 Å². The van der Waals surface area contributed by atoms with E-state index >= 15 is 0 Å². The zero-order valence-electron chi connectivity index (χ0n) is 10.7. The second kappa shape index (κ2) is 5.68. The molecule has 2 aromatic carbocycles. The lowest BCUT2D eigenvalue weighted by molar-refractivity contribution is 0.459. The number of nitrogen functional groups attached to an aromatic ring is 1.